The second-order valence-electron chi connectivity index (χ2n) is 6.76. The van der Waals surface area contributed by atoms with Gasteiger partial charge in [-0.3, -0.25) is 14.9 Å². The van der Waals surface area contributed by atoms with Gasteiger partial charge < -0.3 is 14.8 Å². The van der Waals surface area contributed by atoms with Crippen molar-refractivity contribution in [3.8, 4) is 16.9 Å². The molecule has 0 atom stereocenters. The zero-order valence-corrected chi connectivity index (χ0v) is 19.6. The van der Waals surface area contributed by atoms with E-state index in [1.807, 2.05) is 0 Å². The number of nitrogens with zero attached hydrogens (tertiary/aromatic N) is 1. The van der Waals surface area contributed by atoms with E-state index in [0.717, 1.165) is 41.7 Å². The molecule has 1 amide bonds. The highest BCUT2D eigenvalue weighted by atomic mass is 35.5. The number of rotatable bonds is 9. The van der Waals surface area contributed by atoms with Crippen molar-refractivity contribution in [2.45, 2.75) is 13.5 Å². The van der Waals surface area contributed by atoms with E-state index >= 15 is 0 Å². The third kappa shape index (κ3) is 6.61. The second-order valence-corrected chi connectivity index (χ2v) is 8.08. The van der Waals surface area contributed by atoms with Crippen molar-refractivity contribution in [2.24, 2.45) is 0 Å². The summed E-state index contributed by atoms with van der Waals surface area (Å²) in [5.41, 5.74) is 0.860. The minimum Gasteiger partial charge on any atom is -0.462 e. The fourth-order valence-electron chi connectivity index (χ4n) is 3.00. The van der Waals surface area contributed by atoms with Crippen LogP contribution in [0, 0.1) is 10.1 Å². The minimum absolute atomic E-state index is 0.103. The number of halogens is 3. The fraction of sp³-hybridized carbons (Fsp3) is 0.130. The molecule has 0 aliphatic carbocycles. The number of hydrogen-bond donors (Lipinski definition) is 1. The number of nitro benzene ring substituents is 1. The number of benzene rings is 2. The van der Waals surface area contributed by atoms with Crippen molar-refractivity contribution in [3.05, 3.63) is 80.2 Å². The smallest absolute Gasteiger partial charge is 0.387 e. The van der Waals surface area contributed by atoms with Crippen LogP contribution < -0.4 is 10.1 Å². The van der Waals surface area contributed by atoms with Crippen LogP contribution in [0.3, 0.4) is 0 Å². The monoisotopic (exact) mass is 522 g/mol. The number of nitrogens with one attached hydrogen (secondary N) is 1. The van der Waals surface area contributed by atoms with Crippen LogP contribution in [0.25, 0.3) is 17.2 Å². The number of hydrogen-bond acceptors (Lipinski definition) is 7. The molecule has 2 aromatic carbocycles. The Kier molecular flexibility index (Phi) is 8.50. The number of thiophene rings is 1. The molecule has 3 rings (SSSR count). The first kappa shape index (κ1) is 25.8. The molecule has 3 aromatic rings. The topological polar surface area (TPSA) is 108 Å². The molecular formula is C23H17ClF2N2O6S. The normalized spacial score (nSPS) is 11.0. The van der Waals surface area contributed by atoms with E-state index in [-0.39, 0.29) is 34.2 Å². The van der Waals surface area contributed by atoms with Gasteiger partial charge in [0.1, 0.15) is 16.3 Å². The van der Waals surface area contributed by atoms with Crippen LogP contribution in [0.4, 0.5) is 19.5 Å². The predicted octanol–water partition coefficient (Wildman–Crippen LogP) is 6.41. The number of anilines is 1. The number of alkyl halides is 2. The third-order valence-electron chi connectivity index (χ3n) is 4.50. The van der Waals surface area contributed by atoms with Gasteiger partial charge in [-0.05, 0) is 36.8 Å². The van der Waals surface area contributed by atoms with E-state index in [0.29, 0.717) is 16.1 Å². The maximum atomic E-state index is 12.7. The van der Waals surface area contributed by atoms with E-state index < -0.39 is 23.4 Å². The lowest BCUT2D eigenvalue weighted by Crippen LogP contribution is -2.12. The van der Waals surface area contributed by atoms with Crippen LogP contribution in [0.1, 0.15) is 22.8 Å². The Morgan fingerprint density at radius 2 is 1.94 bits per heavy atom. The van der Waals surface area contributed by atoms with Gasteiger partial charge in [-0.1, -0.05) is 23.7 Å². The second kappa shape index (κ2) is 11.5. The molecule has 0 aliphatic rings. The van der Waals surface area contributed by atoms with Gasteiger partial charge in [0.25, 0.3) is 5.69 Å². The molecule has 0 bridgehead atoms. The zero-order chi connectivity index (χ0) is 25.5. The molecule has 1 aromatic heterocycles. The summed E-state index contributed by atoms with van der Waals surface area (Å²) in [6.45, 7) is -1.41. The molecule has 0 radical (unpaired) electrons. The van der Waals surface area contributed by atoms with Gasteiger partial charge in [0.05, 0.1) is 11.5 Å². The summed E-state index contributed by atoms with van der Waals surface area (Å²) < 4.78 is 34.9. The highest BCUT2D eigenvalue weighted by molar-refractivity contribution is 7.15. The number of non-ortho nitro benzene ring substituents is 1. The van der Waals surface area contributed by atoms with Crippen LogP contribution in [-0.2, 0) is 9.53 Å². The van der Waals surface area contributed by atoms with Gasteiger partial charge in [-0.25, -0.2) is 4.79 Å². The molecule has 0 saturated carbocycles. The molecule has 0 unspecified atom stereocenters. The number of nitro groups is 1. The van der Waals surface area contributed by atoms with Gasteiger partial charge in [0, 0.05) is 39.7 Å². The zero-order valence-electron chi connectivity index (χ0n) is 18.0. The molecular weight excluding hydrogens is 506 g/mol. The molecule has 1 heterocycles. The highest BCUT2D eigenvalue weighted by Gasteiger charge is 2.22. The Bertz CT molecular complexity index is 1280. The number of amides is 1. The lowest BCUT2D eigenvalue weighted by Gasteiger charge is -2.09. The summed E-state index contributed by atoms with van der Waals surface area (Å²) in [5.74, 6) is -1.71. The highest BCUT2D eigenvalue weighted by Crippen LogP contribution is 2.37. The SMILES string of the molecule is CCOC(=O)c1c(-c2ccc(Cl)cc2)csc1NC(=O)/C=C/c1cc([N+](=O)[O-])ccc1OC(F)F. The quantitative estimate of drug-likeness (QED) is 0.151. The van der Waals surface area contributed by atoms with E-state index in [1.54, 1.807) is 36.6 Å². The predicted molar refractivity (Wildman–Crippen MR) is 128 cm³/mol. The molecule has 0 fully saturated rings. The van der Waals surface area contributed by atoms with Gasteiger partial charge in [-0.2, -0.15) is 8.78 Å². The molecule has 8 nitrogen and oxygen atoms in total. The van der Waals surface area contributed by atoms with Crippen LogP contribution in [0.2, 0.25) is 5.02 Å². The summed E-state index contributed by atoms with van der Waals surface area (Å²) in [4.78, 5) is 35.5. The minimum atomic E-state index is -3.16. The van der Waals surface area contributed by atoms with Crippen molar-refractivity contribution in [1.29, 1.82) is 0 Å². The molecule has 35 heavy (non-hydrogen) atoms. The molecule has 0 spiro atoms. The van der Waals surface area contributed by atoms with E-state index in [9.17, 15) is 28.5 Å². The first-order valence-corrected chi connectivity index (χ1v) is 11.2. The summed E-state index contributed by atoms with van der Waals surface area (Å²) in [6.07, 6.45) is 2.08. The average molecular weight is 523 g/mol. The summed E-state index contributed by atoms with van der Waals surface area (Å²) in [7, 11) is 0. The number of carbonyl (C=O) groups is 2. The lowest BCUT2D eigenvalue weighted by atomic mass is 10.0. The standard InChI is InChI=1S/C23H17ClF2N2O6S/c1-2-33-22(30)20-17(13-3-6-15(24)7-4-13)12-35-21(20)27-19(29)10-5-14-11-16(28(31)32)8-9-18(14)34-23(25)26/h3-12,23H,2H2,1H3,(H,27,29)/b10-5+. The van der Waals surface area contributed by atoms with Crippen molar-refractivity contribution >= 4 is 51.6 Å². The Morgan fingerprint density at radius 3 is 2.57 bits per heavy atom. The Hall–Kier alpha value is -3.83. The van der Waals surface area contributed by atoms with E-state index in [4.69, 9.17) is 16.3 Å². The Morgan fingerprint density at radius 1 is 1.23 bits per heavy atom. The van der Waals surface area contributed by atoms with Crippen LogP contribution in [-0.4, -0.2) is 30.0 Å². The van der Waals surface area contributed by atoms with E-state index in [2.05, 4.69) is 10.1 Å². The molecule has 12 heteroatoms. The summed E-state index contributed by atoms with van der Waals surface area (Å²) in [5, 5.41) is 16.0. The third-order valence-corrected chi connectivity index (χ3v) is 5.64. The molecule has 0 saturated heterocycles. The Balaban J connectivity index is 1.90. The van der Waals surface area contributed by atoms with Crippen molar-refractivity contribution in [2.75, 3.05) is 11.9 Å². The Labute approximate surface area is 206 Å². The maximum Gasteiger partial charge on any atom is 0.387 e. The lowest BCUT2D eigenvalue weighted by molar-refractivity contribution is -0.384. The van der Waals surface area contributed by atoms with Gasteiger partial charge in [0.2, 0.25) is 5.91 Å². The number of esters is 1. The largest absolute Gasteiger partial charge is 0.462 e. The first-order valence-electron chi connectivity index (χ1n) is 9.96. The van der Waals surface area contributed by atoms with Crippen molar-refractivity contribution in [3.63, 3.8) is 0 Å². The van der Waals surface area contributed by atoms with E-state index in [1.165, 1.54) is 0 Å². The molecule has 0 aliphatic heterocycles. The average Bonchev–Trinajstić information content (AvgIpc) is 3.22. The molecule has 1 N–H and O–H groups in total. The van der Waals surface area contributed by atoms with Gasteiger partial charge >= 0.3 is 12.6 Å². The number of ether oxygens (including phenoxy) is 2. The fourth-order valence-corrected chi connectivity index (χ4v) is 4.09. The van der Waals surface area contributed by atoms with Crippen molar-refractivity contribution < 1.29 is 32.8 Å². The van der Waals surface area contributed by atoms with Crippen LogP contribution in [0.15, 0.2) is 53.9 Å². The summed E-state index contributed by atoms with van der Waals surface area (Å²) in [6, 6.07) is 9.75. The van der Waals surface area contributed by atoms with Crippen LogP contribution >= 0.6 is 22.9 Å². The maximum absolute atomic E-state index is 12.7. The molecule has 182 valence electrons. The van der Waals surface area contributed by atoms with Crippen molar-refractivity contribution in [1.82, 2.24) is 0 Å². The van der Waals surface area contributed by atoms with Crippen LogP contribution in [0.5, 0.6) is 5.75 Å². The van der Waals surface area contributed by atoms with Gasteiger partial charge in [0.15, 0.2) is 0 Å². The van der Waals surface area contributed by atoms with Gasteiger partial charge in [-0.15, -0.1) is 11.3 Å². The summed E-state index contributed by atoms with van der Waals surface area (Å²) >= 11 is 7.02. The first-order chi connectivity index (χ1) is 16.7. The number of carbonyl (C=O) groups excluding carboxylic acids is 2.